The summed E-state index contributed by atoms with van der Waals surface area (Å²) < 4.78 is 36.1. The Morgan fingerprint density at radius 3 is 2.55 bits per heavy atom. The zero-order chi connectivity index (χ0) is 22.9. The Morgan fingerprint density at radius 1 is 1.18 bits per heavy atom. The van der Waals surface area contributed by atoms with Gasteiger partial charge in [0.25, 0.3) is 10.2 Å². The lowest BCUT2D eigenvalue weighted by molar-refractivity contribution is -0.0254. The first-order valence-electron chi connectivity index (χ1n) is 10.4. The molecule has 0 bridgehead atoms. The molecule has 0 unspecified atom stereocenters. The number of nitrogens with zero attached hydrogens (tertiary/aromatic N) is 4. The van der Waals surface area contributed by atoms with Crippen LogP contribution >= 0.6 is 13.5 Å². The minimum absolute atomic E-state index is 0. The highest BCUT2D eigenvalue weighted by Crippen LogP contribution is 2.29. The fourth-order valence-electron chi connectivity index (χ4n) is 3.53. The highest BCUT2D eigenvalue weighted by atomic mass is 32.2. The van der Waals surface area contributed by atoms with Crippen LogP contribution in [0, 0.1) is 0 Å². The first-order chi connectivity index (χ1) is 15.1. The second-order valence-electron chi connectivity index (χ2n) is 8.77. The molecule has 1 fully saturated rings. The van der Waals surface area contributed by atoms with E-state index in [9.17, 15) is 8.42 Å². The van der Waals surface area contributed by atoms with Crippen LogP contribution < -0.4 is 9.88 Å². The fraction of sp³-hybridized carbons (Fsp3) is 0.409. The van der Waals surface area contributed by atoms with Gasteiger partial charge in [0.1, 0.15) is 12.7 Å². The molecule has 1 atom stereocenters. The van der Waals surface area contributed by atoms with Gasteiger partial charge in [0, 0.05) is 31.0 Å². The minimum atomic E-state index is -3.77. The largest absolute Gasteiger partial charge is 0.473 e. The number of rotatable bonds is 5. The van der Waals surface area contributed by atoms with Gasteiger partial charge in [-0.05, 0) is 17.0 Å². The van der Waals surface area contributed by atoms with Gasteiger partial charge in [0.2, 0.25) is 5.88 Å². The van der Waals surface area contributed by atoms with Crippen molar-refractivity contribution in [2.24, 2.45) is 5.14 Å². The number of aromatic nitrogens is 3. The van der Waals surface area contributed by atoms with Crippen LogP contribution in [-0.4, -0.2) is 60.1 Å². The monoisotopic (exact) mass is 491 g/mol. The number of ether oxygens (including phenoxy) is 2. The lowest BCUT2D eigenvalue weighted by Crippen LogP contribution is -2.49. The first kappa shape index (κ1) is 25.3. The maximum Gasteiger partial charge on any atom is 0.277 e. The molecule has 3 heterocycles. The number of pyridine rings is 1. The number of morpholine rings is 1. The van der Waals surface area contributed by atoms with Crippen molar-refractivity contribution in [3.63, 3.8) is 0 Å². The molecule has 0 radical (unpaired) electrons. The topological polar surface area (TPSA) is 121 Å². The molecule has 9 nitrogen and oxygen atoms in total. The molecule has 0 saturated carbocycles. The Hall–Kier alpha value is -2.31. The first-order valence-corrected chi connectivity index (χ1v) is 11.9. The van der Waals surface area contributed by atoms with Gasteiger partial charge in [-0.2, -0.15) is 26.2 Å². The summed E-state index contributed by atoms with van der Waals surface area (Å²) in [5.41, 5.74) is 4.12. The maximum absolute atomic E-state index is 11.6. The molecule has 2 N–H and O–H groups in total. The van der Waals surface area contributed by atoms with E-state index in [1.54, 1.807) is 12.4 Å². The standard InChI is InChI=1S/C22H27N5O4S.H2S/c1-22(2,3)16-6-4-15(5-7-16)18-12-19-20(25-9-8-24-19)21(26-18)31-14-17-13-27(10-11-30-17)32(23,28)29;/h4-9,12,17H,10-11,13-14H2,1-3H3,(H2,23,28,29);1H2/t17-;/m0./s1. The third-order valence-electron chi connectivity index (χ3n) is 5.34. The van der Waals surface area contributed by atoms with Crippen molar-refractivity contribution in [3.8, 4) is 17.1 Å². The second kappa shape index (κ2) is 9.90. The van der Waals surface area contributed by atoms with Crippen molar-refractivity contribution < 1.29 is 17.9 Å². The summed E-state index contributed by atoms with van der Waals surface area (Å²) in [6.07, 6.45) is 2.73. The second-order valence-corrected chi connectivity index (χ2v) is 10.3. The van der Waals surface area contributed by atoms with E-state index in [1.165, 1.54) is 9.87 Å². The van der Waals surface area contributed by atoms with Gasteiger partial charge in [0.15, 0.2) is 5.52 Å². The Morgan fingerprint density at radius 2 is 1.88 bits per heavy atom. The Kier molecular flexibility index (Phi) is 7.59. The molecule has 0 amide bonds. The highest BCUT2D eigenvalue weighted by Gasteiger charge is 2.28. The molecular formula is C22H29N5O4S2. The van der Waals surface area contributed by atoms with Crippen molar-refractivity contribution in [2.75, 3.05) is 26.3 Å². The van der Waals surface area contributed by atoms with E-state index in [0.717, 1.165) is 5.56 Å². The van der Waals surface area contributed by atoms with Crippen molar-refractivity contribution in [1.29, 1.82) is 0 Å². The van der Waals surface area contributed by atoms with Gasteiger partial charge in [-0.15, -0.1) is 0 Å². The van der Waals surface area contributed by atoms with E-state index < -0.39 is 16.3 Å². The third-order valence-corrected chi connectivity index (χ3v) is 6.39. The number of hydrogen-bond donors (Lipinski definition) is 1. The number of nitrogens with two attached hydrogens (primary N) is 1. The molecule has 1 aliphatic heterocycles. The summed E-state index contributed by atoms with van der Waals surface area (Å²) in [6, 6.07) is 10.1. The summed E-state index contributed by atoms with van der Waals surface area (Å²) >= 11 is 0. The molecule has 2 aromatic heterocycles. The van der Waals surface area contributed by atoms with E-state index in [4.69, 9.17) is 14.6 Å². The molecule has 11 heteroatoms. The predicted molar refractivity (Wildman–Crippen MR) is 132 cm³/mol. The lowest BCUT2D eigenvalue weighted by atomic mass is 9.86. The van der Waals surface area contributed by atoms with Gasteiger partial charge < -0.3 is 9.47 Å². The molecule has 3 aromatic rings. The minimum Gasteiger partial charge on any atom is -0.473 e. The molecule has 1 saturated heterocycles. The molecule has 33 heavy (non-hydrogen) atoms. The van der Waals surface area contributed by atoms with Gasteiger partial charge in [-0.3, -0.25) is 4.98 Å². The van der Waals surface area contributed by atoms with Gasteiger partial charge in [-0.25, -0.2) is 15.1 Å². The average molecular weight is 492 g/mol. The number of benzene rings is 1. The quantitative estimate of drug-likeness (QED) is 0.582. The van der Waals surface area contributed by atoms with Crippen LogP contribution in [0.25, 0.3) is 22.3 Å². The van der Waals surface area contributed by atoms with Crippen LogP contribution in [0.4, 0.5) is 0 Å². The SMILES string of the molecule is CC(C)(C)c1ccc(-c2cc3nccnc3c(OC[C@@H]3CN(S(N)(=O)=O)CCO3)n2)cc1.S. The zero-order valence-corrected chi connectivity index (χ0v) is 20.7. The highest BCUT2D eigenvalue weighted by molar-refractivity contribution is 7.86. The maximum atomic E-state index is 11.6. The summed E-state index contributed by atoms with van der Waals surface area (Å²) in [5.74, 6) is 0.321. The summed E-state index contributed by atoms with van der Waals surface area (Å²) in [7, 11) is -3.77. The molecule has 178 valence electrons. The van der Waals surface area contributed by atoms with Gasteiger partial charge in [0.05, 0.1) is 17.8 Å². The van der Waals surface area contributed by atoms with Crippen LogP contribution in [0.3, 0.4) is 0 Å². The van der Waals surface area contributed by atoms with Crippen LogP contribution in [0.5, 0.6) is 5.88 Å². The average Bonchev–Trinajstić information content (AvgIpc) is 2.76. The molecular weight excluding hydrogens is 462 g/mol. The molecule has 4 rings (SSSR count). The normalized spacial score (nSPS) is 17.5. The summed E-state index contributed by atoms with van der Waals surface area (Å²) in [6.45, 7) is 7.21. The Balaban J connectivity index is 0.00000306. The van der Waals surface area contributed by atoms with E-state index in [0.29, 0.717) is 22.6 Å². The van der Waals surface area contributed by atoms with Gasteiger partial charge in [-0.1, -0.05) is 45.0 Å². The molecule has 1 aliphatic rings. The van der Waals surface area contributed by atoms with Gasteiger partial charge >= 0.3 is 0 Å². The lowest BCUT2D eigenvalue weighted by Gasteiger charge is -2.30. The predicted octanol–water partition coefficient (Wildman–Crippen LogP) is 2.39. The molecule has 1 aromatic carbocycles. The zero-order valence-electron chi connectivity index (χ0n) is 18.9. The summed E-state index contributed by atoms with van der Waals surface area (Å²) in [5, 5.41) is 5.25. The number of hydrogen-bond acceptors (Lipinski definition) is 7. The fourth-order valence-corrected chi connectivity index (χ4v) is 4.23. The Bertz CT molecular complexity index is 1210. The van der Waals surface area contributed by atoms with Crippen molar-refractivity contribution in [3.05, 3.63) is 48.3 Å². The molecule has 0 aliphatic carbocycles. The van der Waals surface area contributed by atoms with E-state index in [2.05, 4.69) is 47.9 Å². The van der Waals surface area contributed by atoms with Crippen LogP contribution in [-0.2, 0) is 20.4 Å². The molecule has 0 spiro atoms. The third kappa shape index (κ3) is 5.98. The van der Waals surface area contributed by atoms with E-state index >= 15 is 0 Å². The van der Waals surface area contributed by atoms with Crippen LogP contribution in [0.2, 0.25) is 0 Å². The Labute approximate surface area is 201 Å². The summed E-state index contributed by atoms with van der Waals surface area (Å²) in [4.78, 5) is 13.4. The number of fused-ring (bicyclic) bond motifs is 1. The van der Waals surface area contributed by atoms with Crippen molar-refractivity contribution >= 4 is 34.7 Å². The van der Waals surface area contributed by atoms with E-state index in [-0.39, 0.29) is 45.2 Å². The van der Waals surface area contributed by atoms with Crippen molar-refractivity contribution in [1.82, 2.24) is 19.3 Å². The van der Waals surface area contributed by atoms with Crippen LogP contribution in [0.1, 0.15) is 26.3 Å². The van der Waals surface area contributed by atoms with E-state index in [1.807, 2.05) is 18.2 Å². The van der Waals surface area contributed by atoms with Crippen LogP contribution in [0.15, 0.2) is 42.7 Å². The smallest absolute Gasteiger partial charge is 0.277 e. The van der Waals surface area contributed by atoms with Crippen molar-refractivity contribution in [2.45, 2.75) is 32.3 Å².